The van der Waals surface area contributed by atoms with Gasteiger partial charge in [0.2, 0.25) is 0 Å². The predicted octanol–water partition coefficient (Wildman–Crippen LogP) is 2.12. The largest absolute Gasteiger partial charge is 0.327 e. The summed E-state index contributed by atoms with van der Waals surface area (Å²) in [5.41, 5.74) is 6.75. The lowest BCUT2D eigenvalue weighted by Gasteiger charge is -1.98. The molecule has 2 nitrogen and oxygen atoms in total. The highest BCUT2D eigenvalue weighted by Crippen LogP contribution is 2.18. The second kappa shape index (κ2) is 4.80. The molecule has 13 heavy (non-hydrogen) atoms. The summed E-state index contributed by atoms with van der Waals surface area (Å²) in [6.07, 6.45) is 4.40. The minimum Gasteiger partial charge on any atom is -0.327 e. The Labute approximate surface area is 82.0 Å². The van der Waals surface area contributed by atoms with E-state index in [9.17, 15) is 4.79 Å². The highest BCUT2D eigenvalue weighted by molar-refractivity contribution is 6.32. The Morgan fingerprint density at radius 1 is 1.46 bits per heavy atom. The maximum atomic E-state index is 10.4. The molecule has 0 heterocycles. The molecule has 1 aromatic rings. The van der Waals surface area contributed by atoms with E-state index in [4.69, 9.17) is 17.3 Å². The van der Waals surface area contributed by atoms with Crippen molar-refractivity contribution in [2.45, 2.75) is 0 Å². The number of rotatable bonds is 3. The Hall–Kier alpha value is -1.12. The molecule has 0 spiro atoms. The van der Waals surface area contributed by atoms with Gasteiger partial charge in [-0.3, -0.25) is 4.79 Å². The fourth-order valence-electron chi connectivity index (χ4n) is 0.947. The number of hydrogen-bond donors (Lipinski definition) is 1. The quantitative estimate of drug-likeness (QED) is 0.751. The molecule has 0 saturated carbocycles. The molecule has 0 aliphatic rings. The average molecular weight is 196 g/mol. The van der Waals surface area contributed by atoms with Crippen molar-refractivity contribution in [3.8, 4) is 0 Å². The molecule has 0 amide bonds. The van der Waals surface area contributed by atoms with Crippen LogP contribution in [-0.2, 0) is 0 Å². The van der Waals surface area contributed by atoms with Crippen LogP contribution in [0.25, 0.3) is 6.08 Å². The van der Waals surface area contributed by atoms with Gasteiger partial charge in [-0.05, 0) is 11.6 Å². The first kappa shape index (κ1) is 9.96. The van der Waals surface area contributed by atoms with Gasteiger partial charge in [-0.15, -0.1) is 0 Å². The van der Waals surface area contributed by atoms with Crippen LogP contribution in [0.15, 0.2) is 24.3 Å². The van der Waals surface area contributed by atoms with Crippen molar-refractivity contribution in [2.24, 2.45) is 5.73 Å². The third kappa shape index (κ3) is 2.68. The molecule has 0 saturated heterocycles. The average Bonchev–Trinajstić information content (AvgIpc) is 2.16. The maximum Gasteiger partial charge on any atom is 0.150 e. The summed E-state index contributed by atoms with van der Waals surface area (Å²) >= 11 is 5.89. The molecule has 0 aliphatic heterocycles. The third-order valence-corrected chi connectivity index (χ3v) is 1.92. The first-order chi connectivity index (χ1) is 6.27. The zero-order valence-electron chi connectivity index (χ0n) is 7.03. The summed E-state index contributed by atoms with van der Waals surface area (Å²) in [5, 5.41) is 0.564. The van der Waals surface area contributed by atoms with Crippen molar-refractivity contribution in [3.05, 3.63) is 40.4 Å². The summed E-state index contributed by atoms with van der Waals surface area (Å²) in [4.78, 5) is 10.4. The lowest BCUT2D eigenvalue weighted by atomic mass is 10.1. The Morgan fingerprint density at radius 2 is 2.23 bits per heavy atom. The van der Waals surface area contributed by atoms with Crippen LogP contribution in [0.3, 0.4) is 0 Å². The van der Waals surface area contributed by atoms with Crippen molar-refractivity contribution >= 4 is 24.0 Å². The number of aldehydes is 1. The molecular weight excluding hydrogens is 186 g/mol. The number of carbonyl (C=O) groups excluding carboxylic acids is 1. The fourth-order valence-corrected chi connectivity index (χ4v) is 1.20. The number of halogens is 1. The Bertz CT molecular complexity index is 334. The zero-order valence-corrected chi connectivity index (χ0v) is 7.79. The van der Waals surface area contributed by atoms with Crippen molar-refractivity contribution in [3.63, 3.8) is 0 Å². The minimum absolute atomic E-state index is 0.478. The van der Waals surface area contributed by atoms with Gasteiger partial charge in [-0.2, -0.15) is 0 Å². The molecular formula is C10H10ClNO. The second-order valence-electron chi connectivity index (χ2n) is 2.54. The van der Waals surface area contributed by atoms with Gasteiger partial charge in [0, 0.05) is 17.1 Å². The molecule has 2 N–H and O–H groups in total. The summed E-state index contributed by atoms with van der Waals surface area (Å²) < 4.78 is 0. The number of benzene rings is 1. The Kier molecular flexibility index (Phi) is 3.68. The van der Waals surface area contributed by atoms with E-state index < -0.39 is 0 Å². The molecule has 0 aromatic heterocycles. The topological polar surface area (TPSA) is 43.1 Å². The van der Waals surface area contributed by atoms with E-state index in [0.717, 1.165) is 11.8 Å². The highest BCUT2D eigenvalue weighted by atomic mass is 35.5. The van der Waals surface area contributed by atoms with E-state index in [1.807, 2.05) is 12.2 Å². The maximum absolute atomic E-state index is 10.4. The normalized spacial score (nSPS) is 10.6. The second-order valence-corrected chi connectivity index (χ2v) is 2.94. The smallest absolute Gasteiger partial charge is 0.150 e. The van der Waals surface area contributed by atoms with Crippen LogP contribution < -0.4 is 5.73 Å². The summed E-state index contributed by atoms with van der Waals surface area (Å²) in [6, 6.07) is 5.14. The van der Waals surface area contributed by atoms with E-state index >= 15 is 0 Å². The fraction of sp³-hybridized carbons (Fsp3) is 0.100. The molecule has 3 heteroatoms. The number of hydrogen-bond acceptors (Lipinski definition) is 2. The SMILES string of the molecule is NCC=Cc1ccc(C=O)cc1Cl. The molecule has 0 fully saturated rings. The van der Waals surface area contributed by atoms with Crippen LogP contribution >= 0.6 is 11.6 Å². The zero-order chi connectivity index (χ0) is 9.68. The van der Waals surface area contributed by atoms with Crippen LogP contribution in [0.1, 0.15) is 15.9 Å². The van der Waals surface area contributed by atoms with Crippen molar-refractivity contribution in [1.29, 1.82) is 0 Å². The molecule has 68 valence electrons. The summed E-state index contributed by atoms with van der Waals surface area (Å²) in [7, 11) is 0. The predicted molar refractivity (Wildman–Crippen MR) is 54.9 cm³/mol. The first-order valence-corrected chi connectivity index (χ1v) is 4.27. The molecule has 1 rings (SSSR count). The lowest BCUT2D eigenvalue weighted by molar-refractivity contribution is 0.112. The lowest BCUT2D eigenvalue weighted by Crippen LogP contribution is -1.92. The highest BCUT2D eigenvalue weighted by Gasteiger charge is 1.97. The number of carbonyl (C=O) groups is 1. The van der Waals surface area contributed by atoms with Gasteiger partial charge in [-0.1, -0.05) is 35.9 Å². The Balaban J connectivity index is 2.98. The van der Waals surface area contributed by atoms with Gasteiger partial charge < -0.3 is 5.73 Å². The van der Waals surface area contributed by atoms with Crippen molar-refractivity contribution in [1.82, 2.24) is 0 Å². The van der Waals surface area contributed by atoms with E-state index in [2.05, 4.69) is 0 Å². The van der Waals surface area contributed by atoms with Gasteiger partial charge in [-0.25, -0.2) is 0 Å². The van der Waals surface area contributed by atoms with Gasteiger partial charge in [0.25, 0.3) is 0 Å². The summed E-state index contributed by atoms with van der Waals surface area (Å²) in [6.45, 7) is 0.478. The van der Waals surface area contributed by atoms with E-state index in [1.54, 1.807) is 18.2 Å². The minimum atomic E-state index is 0.478. The molecule has 1 aromatic carbocycles. The van der Waals surface area contributed by atoms with Gasteiger partial charge >= 0.3 is 0 Å². The van der Waals surface area contributed by atoms with Crippen LogP contribution in [-0.4, -0.2) is 12.8 Å². The van der Waals surface area contributed by atoms with Crippen LogP contribution in [0, 0.1) is 0 Å². The molecule has 0 aliphatic carbocycles. The van der Waals surface area contributed by atoms with E-state index in [-0.39, 0.29) is 0 Å². The first-order valence-electron chi connectivity index (χ1n) is 3.89. The molecule has 0 atom stereocenters. The van der Waals surface area contributed by atoms with Crippen LogP contribution in [0.5, 0.6) is 0 Å². The van der Waals surface area contributed by atoms with Gasteiger partial charge in [0.1, 0.15) is 6.29 Å². The van der Waals surface area contributed by atoms with Crippen molar-refractivity contribution < 1.29 is 4.79 Å². The summed E-state index contributed by atoms with van der Waals surface area (Å²) in [5.74, 6) is 0. The van der Waals surface area contributed by atoms with Gasteiger partial charge in [0.05, 0.1) is 0 Å². The van der Waals surface area contributed by atoms with Crippen LogP contribution in [0.2, 0.25) is 5.02 Å². The standard InChI is InChI=1S/C10H10ClNO/c11-10-6-8(7-13)3-4-9(10)2-1-5-12/h1-4,6-7H,5,12H2. The van der Waals surface area contributed by atoms with Crippen molar-refractivity contribution in [2.75, 3.05) is 6.54 Å². The molecule has 0 bridgehead atoms. The number of nitrogens with two attached hydrogens (primary N) is 1. The molecule has 0 unspecified atom stereocenters. The molecule has 0 radical (unpaired) electrons. The van der Waals surface area contributed by atoms with E-state index in [1.165, 1.54) is 0 Å². The Morgan fingerprint density at radius 3 is 2.77 bits per heavy atom. The third-order valence-electron chi connectivity index (χ3n) is 1.59. The van der Waals surface area contributed by atoms with Gasteiger partial charge in [0.15, 0.2) is 0 Å². The van der Waals surface area contributed by atoms with Crippen LogP contribution in [0.4, 0.5) is 0 Å². The van der Waals surface area contributed by atoms with E-state index in [0.29, 0.717) is 17.1 Å². The monoisotopic (exact) mass is 195 g/mol.